The van der Waals surface area contributed by atoms with Crippen molar-refractivity contribution < 1.29 is 0 Å². The Morgan fingerprint density at radius 3 is 2.93 bits per heavy atom. The molecular formula is C22H30N8. The SMILES string of the molecule is CCC(CC)n1cc(-c2nc(C(C=NC3CCCNC3)=CN)cn3nccc23)cn1. The Labute approximate surface area is 176 Å². The lowest BCUT2D eigenvalue weighted by Gasteiger charge is -2.18. The van der Waals surface area contributed by atoms with Gasteiger partial charge in [-0.15, -0.1) is 0 Å². The van der Waals surface area contributed by atoms with E-state index in [4.69, 9.17) is 15.7 Å². The van der Waals surface area contributed by atoms with Crippen LogP contribution in [0, 0.1) is 0 Å². The van der Waals surface area contributed by atoms with E-state index in [1.165, 1.54) is 0 Å². The number of hydrogen-bond donors (Lipinski definition) is 2. The van der Waals surface area contributed by atoms with Gasteiger partial charge in [0.1, 0.15) is 0 Å². The van der Waals surface area contributed by atoms with Gasteiger partial charge in [0.25, 0.3) is 0 Å². The zero-order valence-electron chi connectivity index (χ0n) is 17.7. The summed E-state index contributed by atoms with van der Waals surface area (Å²) in [7, 11) is 0. The summed E-state index contributed by atoms with van der Waals surface area (Å²) in [6, 6.07) is 2.63. The van der Waals surface area contributed by atoms with E-state index in [9.17, 15) is 0 Å². The van der Waals surface area contributed by atoms with Crippen molar-refractivity contribution in [3.05, 3.63) is 42.7 Å². The predicted molar refractivity (Wildman–Crippen MR) is 120 cm³/mol. The minimum Gasteiger partial charge on any atom is -0.404 e. The van der Waals surface area contributed by atoms with Crippen LogP contribution in [-0.2, 0) is 0 Å². The van der Waals surface area contributed by atoms with Crippen molar-refractivity contribution in [2.75, 3.05) is 13.1 Å². The van der Waals surface area contributed by atoms with Crippen molar-refractivity contribution in [3.63, 3.8) is 0 Å². The molecule has 3 aromatic rings. The van der Waals surface area contributed by atoms with Crippen LogP contribution in [-0.4, -0.2) is 49.7 Å². The second kappa shape index (κ2) is 9.21. The van der Waals surface area contributed by atoms with Gasteiger partial charge < -0.3 is 11.1 Å². The summed E-state index contributed by atoms with van der Waals surface area (Å²) >= 11 is 0. The Bertz CT molecular complexity index is 1030. The van der Waals surface area contributed by atoms with Crippen LogP contribution in [0.25, 0.3) is 22.3 Å². The largest absolute Gasteiger partial charge is 0.404 e. The summed E-state index contributed by atoms with van der Waals surface area (Å²) in [5.74, 6) is 0. The molecule has 30 heavy (non-hydrogen) atoms. The fourth-order valence-corrected chi connectivity index (χ4v) is 3.94. The van der Waals surface area contributed by atoms with Crippen molar-refractivity contribution in [3.8, 4) is 11.3 Å². The zero-order valence-corrected chi connectivity index (χ0v) is 17.7. The van der Waals surface area contributed by atoms with Gasteiger partial charge in [-0.3, -0.25) is 9.67 Å². The maximum atomic E-state index is 5.95. The Balaban J connectivity index is 1.69. The molecule has 0 aromatic carbocycles. The third-order valence-corrected chi connectivity index (χ3v) is 5.75. The molecule has 0 bridgehead atoms. The predicted octanol–water partition coefficient (Wildman–Crippen LogP) is 3.08. The lowest BCUT2D eigenvalue weighted by molar-refractivity contribution is 0.428. The molecule has 1 saturated heterocycles. The Kier molecular flexibility index (Phi) is 6.23. The van der Waals surface area contributed by atoms with Gasteiger partial charge in [-0.25, -0.2) is 9.50 Å². The monoisotopic (exact) mass is 406 g/mol. The lowest BCUT2D eigenvalue weighted by Crippen LogP contribution is -2.32. The normalized spacial score (nSPS) is 18.1. The number of nitrogens with one attached hydrogen (secondary N) is 1. The second-order valence-electron chi connectivity index (χ2n) is 7.72. The number of fused-ring (bicyclic) bond motifs is 1. The number of allylic oxidation sites excluding steroid dienone is 1. The first-order valence-corrected chi connectivity index (χ1v) is 10.8. The fourth-order valence-electron chi connectivity index (χ4n) is 3.94. The molecule has 8 heteroatoms. The van der Waals surface area contributed by atoms with E-state index in [0.717, 1.165) is 66.8 Å². The van der Waals surface area contributed by atoms with Crippen LogP contribution >= 0.6 is 0 Å². The minimum absolute atomic E-state index is 0.278. The molecule has 1 fully saturated rings. The summed E-state index contributed by atoms with van der Waals surface area (Å²) in [6.07, 6.45) is 15.4. The number of aliphatic imine (C=N–C) groups is 1. The maximum Gasteiger partial charge on any atom is 0.0999 e. The molecule has 0 amide bonds. The van der Waals surface area contributed by atoms with Crippen LogP contribution in [0.3, 0.4) is 0 Å². The molecule has 3 aromatic heterocycles. The van der Waals surface area contributed by atoms with Gasteiger partial charge in [-0.2, -0.15) is 10.2 Å². The lowest BCUT2D eigenvalue weighted by atomic mass is 10.1. The third-order valence-electron chi connectivity index (χ3n) is 5.75. The van der Waals surface area contributed by atoms with Gasteiger partial charge in [0.2, 0.25) is 0 Å². The highest BCUT2D eigenvalue weighted by atomic mass is 15.3. The zero-order chi connectivity index (χ0) is 20.9. The molecule has 0 radical (unpaired) electrons. The summed E-state index contributed by atoms with van der Waals surface area (Å²) in [6.45, 7) is 6.34. The quantitative estimate of drug-likeness (QED) is 0.588. The summed E-state index contributed by atoms with van der Waals surface area (Å²) in [4.78, 5) is 9.66. The molecule has 3 N–H and O–H groups in total. The molecule has 4 rings (SSSR count). The highest BCUT2D eigenvalue weighted by Gasteiger charge is 2.16. The molecule has 1 aliphatic rings. The number of nitrogens with two attached hydrogens (primary N) is 1. The van der Waals surface area contributed by atoms with E-state index in [2.05, 4.69) is 35.6 Å². The molecule has 8 nitrogen and oxygen atoms in total. The van der Waals surface area contributed by atoms with E-state index >= 15 is 0 Å². The molecule has 0 spiro atoms. The number of aromatic nitrogens is 5. The first-order valence-electron chi connectivity index (χ1n) is 10.8. The molecule has 1 unspecified atom stereocenters. The molecule has 0 aliphatic carbocycles. The highest BCUT2D eigenvalue weighted by Crippen LogP contribution is 2.26. The van der Waals surface area contributed by atoms with Crippen molar-refractivity contribution in [1.29, 1.82) is 0 Å². The Morgan fingerprint density at radius 1 is 1.33 bits per heavy atom. The van der Waals surface area contributed by atoms with Gasteiger partial charge in [0.15, 0.2) is 0 Å². The van der Waals surface area contributed by atoms with E-state index < -0.39 is 0 Å². The summed E-state index contributed by atoms with van der Waals surface area (Å²) < 4.78 is 3.87. The average Bonchev–Trinajstić information content (AvgIpc) is 3.45. The third kappa shape index (κ3) is 4.14. The van der Waals surface area contributed by atoms with E-state index in [1.54, 1.807) is 12.4 Å². The maximum absolute atomic E-state index is 5.95. The highest BCUT2D eigenvalue weighted by molar-refractivity contribution is 6.09. The second-order valence-corrected chi connectivity index (χ2v) is 7.72. The van der Waals surface area contributed by atoms with Crippen LogP contribution in [0.15, 0.2) is 42.0 Å². The fraction of sp³-hybridized carbons (Fsp3) is 0.455. The van der Waals surface area contributed by atoms with Gasteiger partial charge in [-0.1, -0.05) is 13.8 Å². The topological polar surface area (TPSA) is 98.4 Å². The number of nitrogens with zero attached hydrogens (tertiary/aromatic N) is 6. The summed E-state index contributed by atoms with van der Waals surface area (Å²) in [5.41, 5.74) is 10.2. The van der Waals surface area contributed by atoms with Crippen LogP contribution < -0.4 is 11.1 Å². The standard InChI is InChI=1S/C22H30N8/c1-3-19(4-2)29-14-17(12-27-29)22-21-7-9-26-30(21)15-20(28-22)16(10-23)11-25-18-6-5-8-24-13-18/h7,9-12,14-15,18-19,24H,3-6,8,13,23H2,1-2H3. The molecule has 1 atom stereocenters. The molecule has 158 valence electrons. The van der Waals surface area contributed by atoms with E-state index in [1.807, 2.05) is 33.9 Å². The number of piperidine rings is 1. The molecular weight excluding hydrogens is 376 g/mol. The van der Waals surface area contributed by atoms with Crippen LogP contribution in [0.2, 0.25) is 0 Å². The van der Waals surface area contributed by atoms with E-state index in [-0.39, 0.29) is 6.04 Å². The Morgan fingerprint density at radius 2 is 2.20 bits per heavy atom. The number of hydrogen-bond acceptors (Lipinski definition) is 6. The molecule has 0 saturated carbocycles. The first-order chi connectivity index (χ1) is 14.7. The summed E-state index contributed by atoms with van der Waals surface area (Å²) in [5, 5.41) is 12.4. The van der Waals surface area contributed by atoms with Gasteiger partial charge >= 0.3 is 0 Å². The smallest absolute Gasteiger partial charge is 0.0999 e. The van der Waals surface area contributed by atoms with Crippen molar-refractivity contribution in [1.82, 2.24) is 29.7 Å². The van der Waals surface area contributed by atoms with Crippen molar-refractivity contribution >= 4 is 17.3 Å². The van der Waals surface area contributed by atoms with Gasteiger partial charge in [0.05, 0.1) is 47.6 Å². The van der Waals surface area contributed by atoms with Gasteiger partial charge in [0, 0.05) is 36.3 Å². The van der Waals surface area contributed by atoms with Crippen molar-refractivity contribution in [2.24, 2.45) is 10.7 Å². The minimum atomic E-state index is 0.278. The van der Waals surface area contributed by atoms with Crippen LogP contribution in [0.4, 0.5) is 0 Å². The van der Waals surface area contributed by atoms with Gasteiger partial charge in [-0.05, 0) is 38.3 Å². The average molecular weight is 407 g/mol. The number of rotatable bonds is 7. The molecule has 4 heterocycles. The van der Waals surface area contributed by atoms with Crippen LogP contribution in [0.1, 0.15) is 51.3 Å². The van der Waals surface area contributed by atoms with Crippen LogP contribution in [0.5, 0.6) is 0 Å². The van der Waals surface area contributed by atoms with E-state index in [0.29, 0.717) is 6.04 Å². The Hall–Kier alpha value is -3.00. The van der Waals surface area contributed by atoms with Crippen molar-refractivity contribution in [2.45, 2.75) is 51.6 Å². The first kappa shape index (κ1) is 20.3. The molecule has 1 aliphatic heterocycles.